The molecule has 30 heavy (non-hydrogen) atoms. The van der Waals surface area contributed by atoms with Crippen molar-refractivity contribution in [1.82, 2.24) is 25.1 Å². The van der Waals surface area contributed by atoms with E-state index in [0.29, 0.717) is 16.8 Å². The molecule has 0 spiro atoms. The summed E-state index contributed by atoms with van der Waals surface area (Å²) in [5, 5.41) is 16.0. The summed E-state index contributed by atoms with van der Waals surface area (Å²) in [5.74, 6) is 1.05. The van der Waals surface area contributed by atoms with Crippen molar-refractivity contribution in [3.8, 4) is 0 Å². The molecule has 0 amide bonds. The third-order valence-electron chi connectivity index (χ3n) is 5.39. The Labute approximate surface area is 179 Å². The lowest BCUT2D eigenvalue weighted by atomic mass is 10.0. The van der Waals surface area contributed by atoms with Gasteiger partial charge in [0.15, 0.2) is 5.82 Å². The third kappa shape index (κ3) is 3.58. The van der Waals surface area contributed by atoms with Crippen molar-refractivity contribution in [2.24, 2.45) is 7.05 Å². The molecule has 3 heterocycles. The lowest BCUT2D eigenvalue weighted by Crippen LogP contribution is -2.23. The van der Waals surface area contributed by atoms with Gasteiger partial charge >= 0.3 is 0 Å². The van der Waals surface area contributed by atoms with Crippen LogP contribution in [0, 0.1) is 6.92 Å². The molecule has 0 atom stereocenters. The molecule has 1 aliphatic rings. The average molecular weight is 420 g/mol. The van der Waals surface area contributed by atoms with Crippen molar-refractivity contribution < 1.29 is 0 Å². The van der Waals surface area contributed by atoms with E-state index in [4.69, 9.17) is 11.6 Å². The van der Waals surface area contributed by atoms with Crippen LogP contribution in [0.5, 0.6) is 0 Å². The van der Waals surface area contributed by atoms with E-state index >= 15 is 0 Å². The van der Waals surface area contributed by atoms with Crippen molar-refractivity contribution in [3.63, 3.8) is 0 Å². The van der Waals surface area contributed by atoms with E-state index in [-0.39, 0.29) is 0 Å². The van der Waals surface area contributed by atoms with E-state index < -0.39 is 0 Å². The van der Waals surface area contributed by atoms with Crippen molar-refractivity contribution >= 4 is 45.6 Å². The van der Waals surface area contributed by atoms with Gasteiger partial charge in [-0.3, -0.25) is 4.68 Å². The highest BCUT2D eigenvalue weighted by atomic mass is 35.5. The molecular weight excluding hydrogens is 398 g/mol. The normalized spacial score (nSPS) is 13.3. The summed E-state index contributed by atoms with van der Waals surface area (Å²) >= 11 is 6.36. The molecule has 2 aromatic heterocycles. The summed E-state index contributed by atoms with van der Waals surface area (Å²) in [6.07, 6.45) is 2.63. The van der Waals surface area contributed by atoms with Crippen LogP contribution in [0.3, 0.4) is 0 Å². The van der Waals surface area contributed by atoms with Crippen LogP contribution in [0.15, 0.2) is 42.6 Å². The van der Waals surface area contributed by atoms with Crippen molar-refractivity contribution in [1.29, 1.82) is 0 Å². The molecular formula is C22H22ClN7. The first-order chi connectivity index (χ1) is 14.6. The Morgan fingerprint density at radius 1 is 1.07 bits per heavy atom. The maximum atomic E-state index is 6.36. The van der Waals surface area contributed by atoms with Gasteiger partial charge in [-0.15, -0.1) is 0 Å². The zero-order valence-electron chi connectivity index (χ0n) is 16.8. The lowest BCUT2D eigenvalue weighted by molar-refractivity contribution is 0.644. The minimum absolute atomic E-state index is 0.458. The van der Waals surface area contributed by atoms with E-state index in [9.17, 15) is 0 Å². The zero-order valence-corrected chi connectivity index (χ0v) is 17.6. The van der Waals surface area contributed by atoms with Gasteiger partial charge in [-0.05, 0) is 61.3 Å². The Bertz CT molecular complexity index is 1250. The second kappa shape index (κ2) is 7.59. The summed E-state index contributed by atoms with van der Waals surface area (Å²) in [4.78, 5) is 8.92. The first kappa shape index (κ1) is 18.8. The van der Waals surface area contributed by atoms with Gasteiger partial charge in [0.2, 0.25) is 5.95 Å². The Morgan fingerprint density at radius 2 is 1.90 bits per heavy atom. The van der Waals surface area contributed by atoms with E-state index in [1.54, 1.807) is 6.20 Å². The number of nitrogens with zero attached hydrogens (tertiary/aromatic N) is 4. The van der Waals surface area contributed by atoms with E-state index in [2.05, 4.69) is 55.3 Å². The Morgan fingerprint density at radius 3 is 2.80 bits per heavy atom. The SMILES string of the molecule is Cc1nn(C)c2ccc(Nc3nc(Nc4ccc5c(c4)CCNC5)ncc3Cl)cc12. The monoisotopic (exact) mass is 419 g/mol. The number of rotatable bonds is 4. The zero-order chi connectivity index (χ0) is 20.7. The predicted octanol–water partition coefficient (Wildman–Crippen LogP) is 4.46. The molecule has 7 nitrogen and oxygen atoms in total. The van der Waals surface area contributed by atoms with Gasteiger partial charge < -0.3 is 16.0 Å². The summed E-state index contributed by atoms with van der Waals surface area (Å²) in [6, 6.07) is 12.4. The number of hydrogen-bond acceptors (Lipinski definition) is 6. The number of benzene rings is 2. The van der Waals surface area contributed by atoms with Crippen LogP contribution in [-0.4, -0.2) is 26.3 Å². The van der Waals surface area contributed by atoms with Gasteiger partial charge in [-0.1, -0.05) is 17.7 Å². The average Bonchev–Trinajstić information content (AvgIpc) is 3.03. The molecule has 0 radical (unpaired) electrons. The number of aryl methyl sites for hydroxylation is 2. The van der Waals surface area contributed by atoms with E-state index in [0.717, 1.165) is 47.5 Å². The van der Waals surface area contributed by atoms with Crippen LogP contribution < -0.4 is 16.0 Å². The number of halogens is 1. The van der Waals surface area contributed by atoms with Gasteiger partial charge in [0.1, 0.15) is 5.02 Å². The number of hydrogen-bond donors (Lipinski definition) is 3. The number of fused-ring (bicyclic) bond motifs is 2. The molecule has 0 unspecified atom stereocenters. The van der Waals surface area contributed by atoms with Crippen LogP contribution >= 0.6 is 11.6 Å². The molecule has 5 rings (SSSR count). The minimum Gasteiger partial charge on any atom is -0.339 e. The largest absolute Gasteiger partial charge is 0.339 e. The second-order valence-electron chi connectivity index (χ2n) is 7.49. The highest BCUT2D eigenvalue weighted by Crippen LogP contribution is 2.28. The number of aromatic nitrogens is 4. The quantitative estimate of drug-likeness (QED) is 0.453. The Balaban J connectivity index is 1.40. The third-order valence-corrected chi connectivity index (χ3v) is 5.67. The van der Waals surface area contributed by atoms with Crippen molar-refractivity contribution in [3.05, 3.63) is 64.4 Å². The number of anilines is 4. The van der Waals surface area contributed by atoms with Crippen LogP contribution in [0.25, 0.3) is 10.9 Å². The molecule has 0 saturated heterocycles. The molecule has 0 aliphatic carbocycles. The summed E-state index contributed by atoms with van der Waals surface area (Å²) in [5.41, 5.74) is 6.62. The van der Waals surface area contributed by atoms with Crippen LogP contribution in [0.2, 0.25) is 5.02 Å². The highest BCUT2D eigenvalue weighted by molar-refractivity contribution is 6.32. The fourth-order valence-electron chi connectivity index (χ4n) is 3.85. The minimum atomic E-state index is 0.458. The summed E-state index contributed by atoms with van der Waals surface area (Å²) < 4.78 is 1.88. The summed E-state index contributed by atoms with van der Waals surface area (Å²) in [6.45, 7) is 3.92. The van der Waals surface area contributed by atoms with Gasteiger partial charge in [0.25, 0.3) is 0 Å². The van der Waals surface area contributed by atoms with E-state index in [1.165, 1.54) is 11.1 Å². The van der Waals surface area contributed by atoms with Crippen molar-refractivity contribution in [2.45, 2.75) is 19.9 Å². The first-order valence-electron chi connectivity index (χ1n) is 9.89. The van der Waals surface area contributed by atoms with Gasteiger partial charge in [0, 0.05) is 30.4 Å². The molecule has 0 bridgehead atoms. The van der Waals surface area contributed by atoms with Crippen LogP contribution in [-0.2, 0) is 20.0 Å². The summed E-state index contributed by atoms with van der Waals surface area (Å²) in [7, 11) is 1.94. The predicted molar refractivity (Wildman–Crippen MR) is 121 cm³/mol. The maximum Gasteiger partial charge on any atom is 0.229 e. The molecule has 1 aliphatic heterocycles. The first-order valence-corrected chi connectivity index (χ1v) is 10.3. The molecule has 4 aromatic rings. The van der Waals surface area contributed by atoms with Crippen LogP contribution in [0.4, 0.5) is 23.1 Å². The van der Waals surface area contributed by atoms with Crippen LogP contribution in [0.1, 0.15) is 16.8 Å². The van der Waals surface area contributed by atoms with Gasteiger partial charge in [-0.25, -0.2) is 4.98 Å². The molecule has 0 saturated carbocycles. The van der Waals surface area contributed by atoms with Gasteiger partial charge in [0.05, 0.1) is 17.4 Å². The fourth-order valence-corrected chi connectivity index (χ4v) is 3.99. The molecule has 0 fully saturated rings. The molecule has 152 valence electrons. The Kier molecular flexibility index (Phi) is 4.77. The Hall–Kier alpha value is -3.16. The smallest absolute Gasteiger partial charge is 0.229 e. The second-order valence-corrected chi connectivity index (χ2v) is 7.90. The van der Waals surface area contributed by atoms with Crippen molar-refractivity contribution in [2.75, 3.05) is 17.2 Å². The lowest BCUT2D eigenvalue weighted by Gasteiger charge is -2.18. The standard InChI is InChI=1S/C22H22ClN7/c1-13-18-10-17(5-6-20(18)30(2)29-13)26-21-19(23)12-25-22(28-21)27-16-4-3-15-11-24-8-7-14(15)9-16/h3-6,9-10,12,24H,7-8,11H2,1-2H3,(H2,25,26,27,28). The highest BCUT2D eigenvalue weighted by Gasteiger charge is 2.12. The number of nitrogens with one attached hydrogen (secondary N) is 3. The molecule has 8 heteroatoms. The fraction of sp³-hybridized carbons (Fsp3) is 0.227. The molecule has 2 aromatic carbocycles. The molecule has 3 N–H and O–H groups in total. The van der Waals surface area contributed by atoms with E-state index in [1.807, 2.05) is 30.8 Å². The maximum absolute atomic E-state index is 6.36. The topological polar surface area (TPSA) is 79.7 Å². The van der Waals surface area contributed by atoms with Gasteiger partial charge in [-0.2, -0.15) is 10.1 Å².